The van der Waals surface area contributed by atoms with Crippen LogP contribution in [0.2, 0.25) is 5.02 Å². The second-order valence-electron chi connectivity index (χ2n) is 8.78. The van der Waals surface area contributed by atoms with Crippen molar-refractivity contribution >= 4 is 46.5 Å². The van der Waals surface area contributed by atoms with Crippen molar-refractivity contribution in [2.75, 3.05) is 51.8 Å². The van der Waals surface area contributed by atoms with Gasteiger partial charge in [0.2, 0.25) is 17.5 Å². The number of carbonyl (C=O) groups excluding carboxylic acids is 1. The number of hydrogen-bond donors (Lipinski definition) is 4. The molecule has 1 aliphatic carbocycles. The Balaban J connectivity index is 1.69. The number of benzene rings is 1. The molecular weight excluding hydrogens is 514 g/mol. The average Bonchev–Trinajstić information content (AvgIpc) is 3.76. The van der Waals surface area contributed by atoms with E-state index in [0.717, 1.165) is 33.0 Å². The van der Waals surface area contributed by atoms with Gasteiger partial charge in [0, 0.05) is 31.9 Å². The van der Waals surface area contributed by atoms with E-state index in [-0.39, 0.29) is 39.8 Å². The molecule has 1 saturated heterocycles. The first-order chi connectivity index (χ1) is 18.4. The Bertz CT molecular complexity index is 1240. The number of nitrogens with one attached hydrogen (secondary N) is 2. The number of halogens is 1. The molecular formula is C24H31ClN9O4+. The molecule has 1 aliphatic heterocycles. The molecule has 2 fully saturated rings. The van der Waals surface area contributed by atoms with E-state index < -0.39 is 5.91 Å². The van der Waals surface area contributed by atoms with Crippen LogP contribution >= 0.6 is 11.6 Å². The molecule has 13 nitrogen and oxygen atoms in total. The minimum Gasteiger partial charge on any atom is -0.402 e. The number of morpholine rings is 1. The van der Waals surface area contributed by atoms with Crippen LogP contribution in [0.1, 0.15) is 23.3 Å². The van der Waals surface area contributed by atoms with Crippen molar-refractivity contribution in [2.45, 2.75) is 12.8 Å². The summed E-state index contributed by atoms with van der Waals surface area (Å²) < 4.78 is 5.36. The second-order valence-corrected chi connectivity index (χ2v) is 9.18. The lowest BCUT2D eigenvalue weighted by molar-refractivity contribution is -0.736. The van der Waals surface area contributed by atoms with E-state index in [2.05, 4.69) is 30.5 Å². The number of hydrogen-bond acceptors (Lipinski definition) is 10. The van der Waals surface area contributed by atoms with Gasteiger partial charge in [0.25, 0.3) is 10.8 Å². The van der Waals surface area contributed by atoms with Crippen LogP contribution in [0.4, 0.5) is 23.1 Å². The summed E-state index contributed by atoms with van der Waals surface area (Å²) in [7, 11) is 1.16. The molecule has 0 spiro atoms. The normalized spacial score (nSPS) is 16.7. The molecule has 1 amide bonds. The van der Waals surface area contributed by atoms with Gasteiger partial charge in [-0.05, 0) is 37.0 Å². The highest BCUT2D eigenvalue weighted by molar-refractivity contribution is 6.33. The van der Waals surface area contributed by atoms with Crippen molar-refractivity contribution in [3.8, 4) is 0 Å². The topological polar surface area (TPSA) is 173 Å². The van der Waals surface area contributed by atoms with E-state index in [4.69, 9.17) is 32.6 Å². The highest BCUT2D eigenvalue weighted by Gasteiger charge is 2.35. The summed E-state index contributed by atoms with van der Waals surface area (Å²) in [5.41, 5.74) is 12.7. The van der Waals surface area contributed by atoms with E-state index in [1.165, 1.54) is 6.08 Å². The van der Waals surface area contributed by atoms with Crippen LogP contribution in [-0.2, 0) is 9.57 Å². The van der Waals surface area contributed by atoms with Crippen molar-refractivity contribution in [3.05, 3.63) is 51.7 Å². The Kier molecular flexibility index (Phi) is 9.05. The third kappa shape index (κ3) is 7.15. The number of amides is 1. The van der Waals surface area contributed by atoms with Gasteiger partial charge in [-0.15, -0.1) is 0 Å². The van der Waals surface area contributed by atoms with Crippen LogP contribution in [0.15, 0.2) is 41.0 Å². The summed E-state index contributed by atoms with van der Waals surface area (Å²) in [4.78, 5) is 46.1. The zero-order valence-corrected chi connectivity index (χ0v) is 21.8. The van der Waals surface area contributed by atoms with Crippen LogP contribution in [0.5, 0.6) is 0 Å². The number of aromatic nitrogens is 2. The summed E-state index contributed by atoms with van der Waals surface area (Å²) in [5, 5.41) is 6.19. The number of ether oxygens (including phenoxy) is 1. The Morgan fingerprint density at radius 2 is 2.03 bits per heavy atom. The van der Waals surface area contributed by atoms with Crippen LogP contribution in [0, 0.1) is 10.8 Å². The maximum atomic E-state index is 13.3. The van der Waals surface area contributed by atoms with Crippen molar-refractivity contribution in [2.24, 2.45) is 22.4 Å². The number of nitrogens with two attached hydrogens (primary N) is 2. The van der Waals surface area contributed by atoms with Gasteiger partial charge in [-0.1, -0.05) is 23.7 Å². The molecule has 14 heteroatoms. The summed E-state index contributed by atoms with van der Waals surface area (Å²) in [6, 6.07) is 6.94. The predicted molar refractivity (Wildman–Crippen MR) is 143 cm³/mol. The largest absolute Gasteiger partial charge is 0.402 e. The minimum absolute atomic E-state index is 0.0150. The number of anilines is 2. The third-order valence-electron chi connectivity index (χ3n) is 5.97. The van der Waals surface area contributed by atoms with Gasteiger partial charge in [-0.25, -0.2) is 9.83 Å². The quantitative estimate of drug-likeness (QED) is 0.186. The first kappa shape index (κ1) is 27.2. The molecule has 4 rings (SSSR count). The van der Waals surface area contributed by atoms with Gasteiger partial charge < -0.3 is 26.8 Å². The number of amidine groups is 1. The molecule has 0 radical (unpaired) electrons. The molecule has 6 N–H and O–H groups in total. The second kappa shape index (κ2) is 12.6. The van der Waals surface area contributed by atoms with Crippen molar-refractivity contribution in [3.63, 3.8) is 0 Å². The molecule has 202 valence electrons. The predicted octanol–water partition coefficient (Wildman–Crippen LogP) is 2.15. The van der Waals surface area contributed by atoms with E-state index in [0.29, 0.717) is 42.7 Å². The number of aliphatic imine (C=N–C) groups is 1. The Labute approximate surface area is 224 Å². The molecule has 2 aliphatic rings. The van der Waals surface area contributed by atoms with Crippen LogP contribution in [0.3, 0.4) is 0 Å². The smallest absolute Gasteiger partial charge is 0.392 e. The van der Waals surface area contributed by atoms with Crippen molar-refractivity contribution in [1.29, 1.82) is 0 Å². The zero-order chi connectivity index (χ0) is 27.1. The number of rotatable bonds is 11. The Morgan fingerprint density at radius 1 is 1.29 bits per heavy atom. The fourth-order valence-corrected chi connectivity index (χ4v) is 3.96. The average molecular weight is 545 g/mol. The van der Waals surface area contributed by atoms with Gasteiger partial charge in [0.1, 0.15) is 5.84 Å². The molecule has 1 saturated carbocycles. The fourth-order valence-electron chi connectivity index (χ4n) is 3.77. The first-order valence-electron chi connectivity index (χ1n) is 12.2. The Morgan fingerprint density at radius 3 is 2.71 bits per heavy atom. The number of carbonyl (C=O) groups is 1. The summed E-state index contributed by atoms with van der Waals surface area (Å²) in [6.07, 6.45) is 3.48. The van der Waals surface area contributed by atoms with E-state index >= 15 is 0 Å². The lowest BCUT2D eigenvalue weighted by atomic mass is 10.2. The van der Waals surface area contributed by atoms with Gasteiger partial charge in [0.05, 0.1) is 28.8 Å². The first-order valence-corrected chi connectivity index (χ1v) is 12.6. The monoisotopic (exact) mass is 544 g/mol. The molecule has 38 heavy (non-hydrogen) atoms. The lowest BCUT2D eigenvalue weighted by Gasteiger charge is -2.26. The zero-order valence-electron chi connectivity index (χ0n) is 21.0. The van der Waals surface area contributed by atoms with E-state index in [1.807, 2.05) is 0 Å². The van der Waals surface area contributed by atoms with Crippen molar-refractivity contribution < 1.29 is 19.3 Å². The third-order valence-corrected chi connectivity index (χ3v) is 6.29. The van der Waals surface area contributed by atoms with Crippen LogP contribution < -0.4 is 22.1 Å². The molecule has 0 bridgehead atoms. The SMILES string of the molecule is CO[N+](=O)c1c(N=C(N)C=C(N)C2CC2)nc(Nc2ccccc2Cl)nc1C(=O)NCCN1CCOCC1. The standard InChI is InChI=1S/C24H30ClN9O4/c1-37-34(36)21-20(23(35)28-8-9-33-10-12-38-13-11-33)31-24(29-18-5-3-2-4-16(18)25)32-22(21)30-19(27)14-17(26)15-6-7-15/h2-5,14-15H,6-13H2,1H3,(H5-,26,27,28,29,30,31,32,35,36)/p+1. The molecule has 2 aromatic rings. The maximum absolute atomic E-state index is 13.3. The number of nitrogens with zero attached hydrogens (tertiary/aromatic N) is 5. The summed E-state index contributed by atoms with van der Waals surface area (Å²) in [6.45, 7) is 3.76. The van der Waals surface area contributed by atoms with Gasteiger partial charge in [0.15, 0.2) is 7.11 Å². The molecule has 1 aromatic carbocycles. The molecule has 2 heterocycles. The lowest BCUT2D eigenvalue weighted by Crippen LogP contribution is -2.41. The molecule has 0 atom stereocenters. The maximum Gasteiger partial charge on any atom is 0.392 e. The van der Waals surface area contributed by atoms with Crippen LogP contribution in [-0.4, -0.2) is 78.0 Å². The minimum atomic E-state index is -0.612. The van der Waals surface area contributed by atoms with Crippen molar-refractivity contribution in [1.82, 2.24) is 20.2 Å². The number of allylic oxidation sites excluding steroid dienone is 1. The number of para-hydroxylation sites is 1. The summed E-state index contributed by atoms with van der Waals surface area (Å²) in [5.74, 6) is -0.536. The summed E-state index contributed by atoms with van der Waals surface area (Å²) >= 11 is 6.28. The van der Waals surface area contributed by atoms with Crippen LogP contribution in [0.25, 0.3) is 0 Å². The Hall–Kier alpha value is -3.81. The highest BCUT2D eigenvalue weighted by Crippen LogP contribution is 2.34. The van der Waals surface area contributed by atoms with Gasteiger partial charge >= 0.3 is 5.69 Å². The van der Waals surface area contributed by atoms with Gasteiger partial charge in [-0.2, -0.15) is 9.97 Å². The van der Waals surface area contributed by atoms with Gasteiger partial charge in [-0.3, -0.25) is 9.69 Å². The van der Waals surface area contributed by atoms with E-state index in [9.17, 15) is 9.70 Å². The molecule has 0 unspecified atom stereocenters. The molecule has 1 aromatic heterocycles. The van der Waals surface area contributed by atoms with E-state index in [1.54, 1.807) is 24.3 Å². The fraction of sp³-hybridized carbons (Fsp3) is 0.417. The highest BCUT2D eigenvalue weighted by atomic mass is 35.5.